The van der Waals surface area contributed by atoms with Crippen LogP contribution in [0.25, 0.3) is 22.2 Å². The maximum absolute atomic E-state index is 13.5. The van der Waals surface area contributed by atoms with E-state index >= 15 is 0 Å². The summed E-state index contributed by atoms with van der Waals surface area (Å²) in [5.41, 5.74) is 2.51. The van der Waals surface area contributed by atoms with Gasteiger partial charge >= 0.3 is 5.69 Å². The summed E-state index contributed by atoms with van der Waals surface area (Å²) in [6.45, 7) is 2.44. The van der Waals surface area contributed by atoms with Crippen LogP contribution in [0, 0.1) is 17.0 Å². The molecule has 5 rings (SSSR count). The lowest BCUT2D eigenvalue weighted by Crippen LogP contribution is -2.37. The van der Waals surface area contributed by atoms with Crippen LogP contribution in [0.5, 0.6) is 5.75 Å². The van der Waals surface area contributed by atoms with Crippen LogP contribution in [0.4, 0.5) is 5.69 Å². The summed E-state index contributed by atoms with van der Waals surface area (Å²) in [5, 5.41) is 12.0. The maximum atomic E-state index is 13.5. The summed E-state index contributed by atoms with van der Waals surface area (Å²) < 4.78 is 16.0. The number of methoxy groups -OCH3 is 1. The minimum atomic E-state index is -0.576. The second-order valence-electron chi connectivity index (χ2n) is 8.60. The lowest BCUT2D eigenvalue weighted by Gasteiger charge is -2.28. The summed E-state index contributed by atoms with van der Waals surface area (Å²) in [6, 6.07) is 12.4. The molecule has 4 aromatic rings. The van der Waals surface area contributed by atoms with Gasteiger partial charge in [-0.05, 0) is 24.6 Å². The molecular formula is C25H24N4O6. The number of aryl methyl sites for hydroxylation is 2. The van der Waals surface area contributed by atoms with E-state index in [4.69, 9.17) is 9.47 Å². The quantitative estimate of drug-likeness (QED) is 0.331. The number of nitro benzene ring substituents is 1. The van der Waals surface area contributed by atoms with Gasteiger partial charge in [-0.2, -0.15) is 0 Å². The van der Waals surface area contributed by atoms with Crippen molar-refractivity contribution in [3.05, 3.63) is 90.2 Å². The Morgan fingerprint density at radius 1 is 1.11 bits per heavy atom. The molecule has 0 spiro atoms. The summed E-state index contributed by atoms with van der Waals surface area (Å²) in [4.78, 5) is 37.7. The fourth-order valence-electron chi connectivity index (χ4n) is 4.89. The fraction of sp³-hybridized carbons (Fsp3) is 0.280. The summed E-state index contributed by atoms with van der Waals surface area (Å²) in [7, 11) is 4.62. The lowest BCUT2D eigenvalue weighted by atomic mass is 10.0. The first kappa shape index (κ1) is 22.6. The maximum Gasteiger partial charge on any atom is 0.331 e. The lowest BCUT2D eigenvalue weighted by molar-refractivity contribution is -0.385. The summed E-state index contributed by atoms with van der Waals surface area (Å²) in [6.07, 6.45) is -0.576. The van der Waals surface area contributed by atoms with Gasteiger partial charge in [0.05, 0.1) is 40.9 Å². The standard InChI is InChI=1S/C25H24N4O6/c1-14-8-9-15(13-18(14)29(32)33)20-19-21(26(2)25(31)27(3)24(19)30)22-23(35-11-10-28(20)22)16-6-5-7-17(12-16)34-4/h5-9,12-13,23H,10-11H2,1-4H3. The van der Waals surface area contributed by atoms with Gasteiger partial charge < -0.3 is 14.0 Å². The molecule has 0 N–H and O–H groups in total. The van der Waals surface area contributed by atoms with Crippen LogP contribution in [0.1, 0.15) is 22.9 Å². The summed E-state index contributed by atoms with van der Waals surface area (Å²) >= 11 is 0. The SMILES string of the molecule is COc1cccc(C2OCCn3c(-c4ccc(C)c([N+](=O)[O-])c4)c4c(=O)n(C)c(=O)n(C)c4c32)c1. The molecule has 35 heavy (non-hydrogen) atoms. The number of benzene rings is 2. The van der Waals surface area contributed by atoms with Crippen molar-refractivity contribution < 1.29 is 14.4 Å². The van der Waals surface area contributed by atoms with E-state index in [1.54, 1.807) is 33.2 Å². The van der Waals surface area contributed by atoms with Gasteiger partial charge in [-0.3, -0.25) is 24.0 Å². The molecule has 0 saturated carbocycles. The first-order valence-electron chi connectivity index (χ1n) is 11.1. The van der Waals surface area contributed by atoms with Crippen molar-refractivity contribution in [1.29, 1.82) is 0 Å². The van der Waals surface area contributed by atoms with Crippen molar-refractivity contribution in [2.75, 3.05) is 13.7 Å². The molecule has 0 bridgehead atoms. The Morgan fingerprint density at radius 3 is 2.60 bits per heavy atom. The average Bonchev–Trinajstić information content (AvgIpc) is 3.22. The number of nitro groups is 1. The molecule has 10 nitrogen and oxygen atoms in total. The van der Waals surface area contributed by atoms with E-state index in [0.717, 1.165) is 10.1 Å². The third-order valence-corrected chi connectivity index (χ3v) is 6.63. The zero-order valence-corrected chi connectivity index (χ0v) is 19.8. The van der Waals surface area contributed by atoms with Crippen molar-refractivity contribution in [2.24, 2.45) is 14.1 Å². The molecule has 0 fully saturated rings. The van der Waals surface area contributed by atoms with Crippen molar-refractivity contribution in [3.8, 4) is 17.0 Å². The molecule has 3 heterocycles. The molecule has 1 atom stereocenters. The molecule has 2 aromatic heterocycles. The minimum Gasteiger partial charge on any atom is -0.497 e. The molecule has 1 aliphatic rings. The van der Waals surface area contributed by atoms with Crippen LogP contribution in [-0.4, -0.2) is 32.3 Å². The third-order valence-electron chi connectivity index (χ3n) is 6.63. The normalized spacial score (nSPS) is 15.3. The number of hydrogen-bond acceptors (Lipinski definition) is 6. The van der Waals surface area contributed by atoms with E-state index in [-0.39, 0.29) is 5.69 Å². The van der Waals surface area contributed by atoms with Crippen LogP contribution in [0.2, 0.25) is 0 Å². The first-order chi connectivity index (χ1) is 16.7. The number of fused-ring (bicyclic) bond motifs is 3. The zero-order valence-electron chi connectivity index (χ0n) is 19.8. The highest BCUT2D eigenvalue weighted by Crippen LogP contribution is 2.41. The molecule has 10 heteroatoms. The molecule has 1 unspecified atom stereocenters. The van der Waals surface area contributed by atoms with Crippen molar-refractivity contribution in [1.82, 2.24) is 13.7 Å². The second-order valence-corrected chi connectivity index (χ2v) is 8.60. The molecular weight excluding hydrogens is 452 g/mol. The van der Waals surface area contributed by atoms with E-state index in [2.05, 4.69) is 0 Å². The number of aromatic nitrogens is 3. The molecule has 2 aromatic carbocycles. The second kappa shape index (κ2) is 8.24. The van der Waals surface area contributed by atoms with Crippen LogP contribution in [-0.2, 0) is 25.4 Å². The van der Waals surface area contributed by atoms with Crippen LogP contribution >= 0.6 is 0 Å². The minimum absolute atomic E-state index is 0.0377. The van der Waals surface area contributed by atoms with E-state index in [0.29, 0.717) is 52.3 Å². The fourth-order valence-corrected chi connectivity index (χ4v) is 4.89. The number of hydrogen-bond donors (Lipinski definition) is 0. The van der Waals surface area contributed by atoms with Crippen molar-refractivity contribution in [3.63, 3.8) is 0 Å². The monoisotopic (exact) mass is 476 g/mol. The molecule has 0 aliphatic carbocycles. The molecule has 0 radical (unpaired) electrons. The van der Waals surface area contributed by atoms with E-state index in [1.807, 2.05) is 28.8 Å². The van der Waals surface area contributed by atoms with Gasteiger partial charge in [0.15, 0.2) is 0 Å². The van der Waals surface area contributed by atoms with Gasteiger partial charge in [0.25, 0.3) is 11.2 Å². The average molecular weight is 476 g/mol. The molecule has 0 amide bonds. The van der Waals surface area contributed by atoms with E-state index in [9.17, 15) is 19.7 Å². The zero-order chi connectivity index (χ0) is 25.0. The number of rotatable bonds is 4. The van der Waals surface area contributed by atoms with Gasteiger partial charge in [-0.15, -0.1) is 0 Å². The highest BCUT2D eigenvalue weighted by molar-refractivity contribution is 5.97. The molecule has 1 aliphatic heterocycles. The predicted molar refractivity (Wildman–Crippen MR) is 130 cm³/mol. The third kappa shape index (κ3) is 3.36. The van der Waals surface area contributed by atoms with Crippen molar-refractivity contribution in [2.45, 2.75) is 19.6 Å². The largest absolute Gasteiger partial charge is 0.497 e. The van der Waals surface area contributed by atoms with Gasteiger partial charge in [0, 0.05) is 37.8 Å². The topological polar surface area (TPSA) is 111 Å². The number of nitrogens with zero attached hydrogens (tertiary/aromatic N) is 4. The van der Waals surface area contributed by atoms with Crippen LogP contribution in [0.3, 0.4) is 0 Å². The summed E-state index contributed by atoms with van der Waals surface area (Å²) in [5.74, 6) is 0.651. The van der Waals surface area contributed by atoms with E-state index in [1.165, 1.54) is 17.7 Å². The van der Waals surface area contributed by atoms with Gasteiger partial charge in [-0.1, -0.05) is 24.3 Å². The number of ether oxygens (including phenoxy) is 2. The van der Waals surface area contributed by atoms with E-state index < -0.39 is 22.3 Å². The predicted octanol–water partition coefficient (Wildman–Crippen LogP) is 3.05. The smallest absolute Gasteiger partial charge is 0.331 e. The Hall–Kier alpha value is -4.18. The highest BCUT2D eigenvalue weighted by atomic mass is 16.6. The Morgan fingerprint density at radius 2 is 1.89 bits per heavy atom. The first-order valence-corrected chi connectivity index (χ1v) is 11.1. The van der Waals surface area contributed by atoms with Gasteiger partial charge in [-0.25, -0.2) is 4.79 Å². The van der Waals surface area contributed by atoms with Gasteiger partial charge in [0.1, 0.15) is 11.9 Å². The Bertz CT molecular complexity index is 1630. The Balaban J connectivity index is 1.92. The molecule has 180 valence electrons. The van der Waals surface area contributed by atoms with Crippen molar-refractivity contribution >= 4 is 16.6 Å². The molecule has 0 saturated heterocycles. The van der Waals surface area contributed by atoms with Gasteiger partial charge in [0.2, 0.25) is 0 Å². The van der Waals surface area contributed by atoms with Crippen LogP contribution in [0.15, 0.2) is 52.1 Å². The Labute approximate surface area is 199 Å². The Kier molecular flexibility index (Phi) is 5.32. The highest BCUT2D eigenvalue weighted by Gasteiger charge is 2.33. The van der Waals surface area contributed by atoms with Crippen LogP contribution < -0.4 is 16.0 Å².